The van der Waals surface area contributed by atoms with Gasteiger partial charge in [-0.3, -0.25) is 19.0 Å². The van der Waals surface area contributed by atoms with Crippen LogP contribution >= 0.6 is 0 Å². The zero-order valence-corrected chi connectivity index (χ0v) is 15.9. The first kappa shape index (κ1) is 18.0. The maximum atomic E-state index is 13.4. The molecule has 0 unspecified atom stereocenters. The highest BCUT2D eigenvalue weighted by Gasteiger charge is 2.15. The van der Waals surface area contributed by atoms with Gasteiger partial charge in [0.05, 0.1) is 5.69 Å². The van der Waals surface area contributed by atoms with Crippen LogP contribution in [0, 0.1) is 5.21 Å². The van der Waals surface area contributed by atoms with Gasteiger partial charge in [-0.1, -0.05) is 0 Å². The molecule has 0 bridgehead atoms. The topological polar surface area (TPSA) is 101 Å². The monoisotopic (exact) mass is 399 g/mol. The number of fused-ring (bicyclic) bond motifs is 2. The molecule has 1 aromatic carbocycles. The Labute approximate surface area is 170 Å². The molecule has 0 aliphatic heterocycles. The molecule has 0 atom stereocenters. The Bertz CT molecular complexity index is 1410. The van der Waals surface area contributed by atoms with Crippen molar-refractivity contribution < 1.29 is 9.53 Å². The van der Waals surface area contributed by atoms with Crippen molar-refractivity contribution >= 4 is 22.1 Å². The van der Waals surface area contributed by atoms with E-state index in [0.717, 1.165) is 18.2 Å². The van der Waals surface area contributed by atoms with Gasteiger partial charge in [0.25, 0.3) is 5.56 Å². The third-order valence-electron chi connectivity index (χ3n) is 5.12. The molecule has 148 valence electrons. The quantitative estimate of drug-likeness (QED) is 0.421. The number of pyridine rings is 3. The summed E-state index contributed by atoms with van der Waals surface area (Å²) in [5.41, 5.74) is 3.49. The molecule has 0 amide bonds. The summed E-state index contributed by atoms with van der Waals surface area (Å²) in [5.74, 6) is 0. The van der Waals surface area contributed by atoms with Crippen LogP contribution < -0.4 is 10.5 Å². The van der Waals surface area contributed by atoms with Crippen molar-refractivity contribution in [3.05, 3.63) is 93.8 Å². The maximum Gasteiger partial charge on any atom is 0.259 e. The Morgan fingerprint density at radius 3 is 2.77 bits per heavy atom. The minimum absolute atomic E-state index is 0.149. The van der Waals surface area contributed by atoms with Gasteiger partial charge in [0.2, 0.25) is 11.0 Å². The van der Waals surface area contributed by atoms with E-state index in [4.69, 9.17) is 0 Å². The van der Waals surface area contributed by atoms with E-state index < -0.39 is 0 Å². The smallest absolute Gasteiger partial charge is 0.259 e. The average molecular weight is 399 g/mol. The predicted molar refractivity (Wildman–Crippen MR) is 110 cm³/mol. The third-order valence-corrected chi connectivity index (χ3v) is 5.12. The summed E-state index contributed by atoms with van der Waals surface area (Å²) < 4.78 is 6.19. The molecule has 5 rings (SSSR count). The van der Waals surface area contributed by atoms with Crippen molar-refractivity contribution in [2.45, 2.75) is 19.3 Å². The summed E-state index contributed by atoms with van der Waals surface area (Å²) in [6.45, 7) is 0. The molecule has 8 heteroatoms. The van der Waals surface area contributed by atoms with E-state index >= 15 is 0 Å². The van der Waals surface area contributed by atoms with Crippen LogP contribution in [0.15, 0.2) is 76.5 Å². The van der Waals surface area contributed by atoms with Crippen LogP contribution in [-0.4, -0.2) is 19.7 Å². The molecule has 0 aliphatic rings. The molecule has 8 nitrogen and oxygen atoms in total. The molecular formula is C22H17N5O3. The first-order chi connectivity index (χ1) is 14.7. The Morgan fingerprint density at radius 2 is 1.90 bits per heavy atom. The normalized spacial score (nSPS) is 11.3. The van der Waals surface area contributed by atoms with Crippen LogP contribution in [0.25, 0.3) is 27.8 Å². The first-order valence-electron chi connectivity index (χ1n) is 9.59. The van der Waals surface area contributed by atoms with E-state index in [9.17, 15) is 10.0 Å². The number of aryl methyl sites for hydroxylation is 2. The van der Waals surface area contributed by atoms with Crippen LogP contribution in [0.4, 0.5) is 0 Å². The lowest BCUT2D eigenvalue weighted by Crippen LogP contribution is -2.25. The predicted octanol–water partition coefficient (Wildman–Crippen LogP) is 2.73. The molecule has 0 spiro atoms. The van der Waals surface area contributed by atoms with Crippen molar-refractivity contribution in [1.29, 1.82) is 0 Å². The van der Waals surface area contributed by atoms with E-state index in [1.54, 1.807) is 41.4 Å². The van der Waals surface area contributed by atoms with E-state index in [-0.39, 0.29) is 11.1 Å². The lowest BCUT2D eigenvalue weighted by molar-refractivity contribution is -0.782. The summed E-state index contributed by atoms with van der Waals surface area (Å²) in [6.07, 6.45) is 7.50. The Kier molecular flexibility index (Phi) is 4.44. The lowest BCUT2D eigenvalue weighted by Gasteiger charge is -2.12. The summed E-state index contributed by atoms with van der Waals surface area (Å²) in [7, 11) is 0. The van der Waals surface area contributed by atoms with Crippen LogP contribution in [0.5, 0.6) is 0 Å². The summed E-state index contributed by atoms with van der Waals surface area (Å²) in [4.78, 5) is 22.1. The average Bonchev–Trinajstić information content (AvgIpc) is 3.15. The number of hydrogen-bond donors (Lipinski definition) is 0. The summed E-state index contributed by atoms with van der Waals surface area (Å²) >= 11 is 0. The van der Waals surface area contributed by atoms with Crippen LogP contribution in [0.2, 0.25) is 0 Å². The number of nitrogens with zero attached hydrogens (tertiary/aromatic N) is 5. The van der Waals surface area contributed by atoms with E-state index in [1.807, 2.05) is 30.3 Å². The highest BCUT2D eigenvalue weighted by Crippen LogP contribution is 2.19. The fourth-order valence-corrected chi connectivity index (χ4v) is 3.65. The van der Waals surface area contributed by atoms with Crippen molar-refractivity contribution in [1.82, 2.24) is 19.7 Å². The SMILES string of the molecule is O=c1c(CCCc2ccncc2)cc2cccnc2n1-c1ccc2no[n+]([O-])c2c1. The Balaban J connectivity index is 1.58. The minimum Gasteiger partial charge on any atom is -0.359 e. The van der Waals surface area contributed by atoms with Crippen molar-refractivity contribution in [3.8, 4) is 5.69 Å². The second-order valence-electron chi connectivity index (χ2n) is 7.04. The lowest BCUT2D eigenvalue weighted by atomic mass is 10.0. The maximum absolute atomic E-state index is 13.4. The van der Waals surface area contributed by atoms with Crippen molar-refractivity contribution in [2.24, 2.45) is 0 Å². The molecule has 5 aromatic rings. The van der Waals surface area contributed by atoms with E-state index in [1.165, 1.54) is 5.56 Å². The van der Waals surface area contributed by atoms with Gasteiger partial charge >= 0.3 is 0 Å². The van der Waals surface area contributed by atoms with Crippen molar-refractivity contribution in [2.75, 3.05) is 0 Å². The van der Waals surface area contributed by atoms with Crippen LogP contribution in [0.3, 0.4) is 0 Å². The minimum atomic E-state index is -0.149. The van der Waals surface area contributed by atoms with Crippen molar-refractivity contribution in [3.63, 3.8) is 0 Å². The number of aromatic nitrogens is 5. The molecular weight excluding hydrogens is 382 g/mol. The Hall–Kier alpha value is -4.07. The first-order valence-corrected chi connectivity index (χ1v) is 9.59. The fourth-order valence-electron chi connectivity index (χ4n) is 3.65. The van der Waals surface area contributed by atoms with Crippen LogP contribution in [0.1, 0.15) is 17.5 Å². The second kappa shape index (κ2) is 7.40. The number of benzene rings is 1. The van der Waals surface area contributed by atoms with Gasteiger partial charge in [0, 0.05) is 40.8 Å². The van der Waals surface area contributed by atoms with Gasteiger partial charge in [-0.05, 0) is 72.2 Å². The second-order valence-corrected chi connectivity index (χ2v) is 7.04. The molecule has 0 N–H and O–H groups in total. The zero-order chi connectivity index (χ0) is 20.5. The van der Waals surface area contributed by atoms with Gasteiger partial charge in [0.15, 0.2) is 0 Å². The van der Waals surface area contributed by atoms with E-state index in [0.29, 0.717) is 33.7 Å². The number of rotatable bonds is 5. The molecule has 4 heterocycles. The zero-order valence-electron chi connectivity index (χ0n) is 15.9. The fraction of sp³-hybridized carbons (Fsp3) is 0.136. The molecule has 0 saturated heterocycles. The molecule has 4 aromatic heterocycles. The van der Waals surface area contributed by atoms with Gasteiger partial charge in [-0.15, -0.1) is 0 Å². The Morgan fingerprint density at radius 1 is 1.03 bits per heavy atom. The van der Waals surface area contributed by atoms with Crippen LogP contribution in [-0.2, 0) is 12.8 Å². The highest BCUT2D eigenvalue weighted by atomic mass is 16.8. The standard InChI is InChI=1S/C22H17N5O3/c28-22-17(4-1-3-15-8-11-23-12-9-15)13-16-5-2-10-24-21(16)26(22)18-6-7-19-20(14-18)27(29)30-25-19/h2,5-14H,1,3-4H2. The summed E-state index contributed by atoms with van der Waals surface area (Å²) in [6, 6.07) is 14.6. The molecule has 30 heavy (non-hydrogen) atoms. The molecule has 0 saturated carbocycles. The molecule has 0 fully saturated rings. The molecule has 0 radical (unpaired) electrons. The van der Waals surface area contributed by atoms with Gasteiger partial charge in [0.1, 0.15) is 5.65 Å². The van der Waals surface area contributed by atoms with Gasteiger partial charge < -0.3 is 5.21 Å². The largest absolute Gasteiger partial charge is 0.359 e. The third kappa shape index (κ3) is 3.18. The molecule has 0 aliphatic carbocycles. The van der Waals surface area contributed by atoms with Gasteiger partial charge in [-0.2, -0.15) is 0 Å². The van der Waals surface area contributed by atoms with E-state index in [2.05, 4.69) is 19.8 Å². The highest BCUT2D eigenvalue weighted by molar-refractivity contribution is 5.79. The summed E-state index contributed by atoms with van der Waals surface area (Å²) in [5, 5.41) is 16.4. The number of hydrogen-bond acceptors (Lipinski definition) is 6. The van der Waals surface area contributed by atoms with Gasteiger partial charge in [-0.25, -0.2) is 4.98 Å².